The maximum absolute atomic E-state index is 6.06. The number of nitrogens with zero attached hydrogens (tertiary/aromatic N) is 3. The zero-order valence-corrected chi connectivity index (χ0v) is 12.8. The van der Waals surface area contributed by atoms with Gasteiger partial charge in [-0.25, -0.2) is 0 Å². The highest BCUT2D eigenvalue weighted by Crippen LogP contribution is 2.23. The third kappa shape index (κ3) is 4.58. The maximum atomic E-state index is 6.06. The van der Waals surface area contributed by atoms with Crippen molar-refractivity contribution in [2.24, 2.45) is 5.92 Å². The summed E-state index contributed by atoms with van der Waals surface area (Å²) in [6, 6.07) is 0. The first-order valence-electron chi connectivity index (χ1n) is 6.49. The normalized spacial score (nSPS) is 12.4. The first-order chi connectivity index (χ1) is 8.32. The highest BCUT2D eigenvalue weighted by atomic mass is 35.5. The molecule has 0 aliphatic rings. The summed E-state index contributed by atoms with van der Waals surface area (Å²) < 4.78 is 7.53. The standard InChI is InChI=1S/C13H24ClN3O/c1-10(2)9-18-8-6-7-17-11(13(3,4)5)15-16-12(17)14/h10H,6-9H2,1-5H3. The van der Waals surface area contributed by atoms with Crippen LogP contribution in [0.3, 0.4) is 0 Å². The van der Waals surface area contributed by atoms with Crippen molar-refractivity contribution < 1.29 is 4.74 Å². The van der Waals surface area contributed by atoms with Crippen LogP contribution in [0.25, 0.3) is 0 Å². The zero-order valence-electron chi connectivity index (χ0n) is 12.0. The summed E-state index contributed by atoms with van der Waals surface area (Å²) in [6.07, 6.45) is 0.924. The van der Waals surface area contributed by atoms with Crippen LogP contribution in [0.4, 0.5) is 0 Å². The van der Waals surface area contributed by atoms with Crippen molar-refractivity contribution in [3.05, 3.63) is 11.1 Å². The average molecular weight is 274 g/mol. The highest BCUT2D eigenvalue weighted by molar-refractivity contribution is 6.28. The molecule has 0 aliphatic carbocycles. The molecule has 1 aromatic rings. The van der Waals surface area contributed by atoms with Gasteiger partial charge in [0.1, 0.15) is 5.82 Å². The van der Waals surface area contributed by atoms with Gasteiger partial charge in [-0.15, -0.1) is 10.2 Å². The Morgan fingerprint density at radius 1 is 1.28 bits per heavy atom. The lowest BCUT2D eigenvalue weighted by molar-refractivity contribution is 0.105. The molecule has 0 fully saturated rings. The van der Waals surface area contributed by atoms with E-state index in [9.17, 15) is 0 Å². The van der Waals surface area contributed by atoms with Crippen LogP contribution in [0, 0.1) is 5.92 Å². The third-order valence-electron chi connectivity index (χ3n) is 2.50. The Balaban J connectivity index is 2.49. The molecular formula is C13H24ClN3O. The molecule has 0 N–H and O–H groups in total. The monoisotopic (exact) mass is 273 g/mol. The van der Waals surface area contributed by atoms with Crippen molar-refractivity contribution in [1.82, 2.24) is 14.8 Å². The van der Waals surface area contributed by atoms with Gasteiger partial charge in [0.15, 0.2) is 0 Å². The van der Waals surface area contributed by atoms with Gasteiger partial charge >= 0.3 is 0 Å². The quantitative estimate of drug-likeness (QED) is 0.747. The molecular weight excluding hydrogens is 250 g/mol. The minimum Gasteiger partial charge on any atom is -0.381 e. The summed E-state index contributed by atoms with van der Waals surface area (Å²) in [7, 11) is 0. The van der Waals surface area contributed by atoms with Crippen LogP contribution in [-0.4, -0.2) is 28.0 Å². The molecule has 0 unspecified atom stereocenters. The van der Waals surface area contributed by atoms with Crippen molar-refractivity contribution >= 4 is 11.6 Å². The molecule has 4 nitrogen and oxygen atoms in total. The predicted octanol–water partition coefficient (Wildman–Crippen LogP) is 3.29. The predicted molar refractivity (Wildman–Crippen MR) is 74.0 cm³/mol. The first-order valence-corrected chi connectivity index (χ1v) is 6.87. The lowest BCUT2D eigenvalue weighted by Gasteiger charge is -2.19. The minimum absolute atomic E-state index is 0.0427. The zero-order chi connectivity index (χ0) is 13.8. The van der Waals surface area contributed by atoms with Gasteiger partial charge in [0, 0.05) is 25.2 Å². The Morgan fingerprint density at radius 3 is 2.50 bits per heavy atom. The van der Waals surface area contributed by atoms with Gasteiger partial charge in [0.05, 0.1) is 0 Å². The van der Waals surface area contributed by atoms with Crippen LogP contribution in [0.1, 0.15) is 46.9 Å². The van der Waals surface area contributed by atoms with E-state index in [1.165, 1.54) is 0 Å². The van der Waals surface area contributed by atoms with Crippen molar-refractivity contribution in [2.75, 3.05) is 13.2 Å². The molecule has 0 spiro atoms. The van der Waals surface area contributed by atoms with E-state index in [1.807, 2.05) is 4.57 Å². The molecule has 0 aliphatic heterocycles. The Kier molecular flexibility index (Phi) is 5.60. The number of hydrogen-bond donors (Lipinski definition) is 0. The second kappa shape index (κ2) is 6.53. The highest BCUT2D eigenvalue weighted by Gasteiger charge is 2.22. The second-order valence-electron chi connectivity index (χ2n) is 6.02. The fourth-order valence-electron chi connectivity index (χ4n) is 1.68. The summed E-state index contributed by atoms with van der Waals surface area (Å²) in [5.74, 6) is 1.50. The molecule has 0 amide bonds. The van der Waals surface area contributed by atoms with E-state index in [0.717, 1.165) is 32.0 Å². The third-order valence-corrected chi connectivity index (χ3v) is 2.78. The van der Waals surface area contributed by atoms with Gasteiger partial charge in [0.2, 0.25) is 5.28 Å². The number of hydrogen-bond acceptors (Lipinski definition) is 3. The first kappa shape index (κ1) is 15.4. The van der Waals surface area contributed by atoms with Crippen LogP contribution in [-0.2, 0) is 16.7 Å². The Hall–Kier alpha value is -0.610. The molecule has 18 heavy (non-hydrogen) atoms. The molecule has 1 heterocycles. The van der Waals surface area contributed by atoms with Crippen LogP contribution in [0.2, 0.25) is 5.28 Å². The number of rotatable bonds is 6. The summed E-state index contributed by atoms with van der Waals surface area (Å²) in [6.45, 7) is 13.0. The summed E-state index contributed by atoms with van der Waals surface area (Å²) in [5, 5.41) is 8.56. The van der Waals surface area contributed by atoms with Gasteiger partial charge in [0.25, 0.3) is 0 Å². The van der Waals surface area contributed by atoms with E-state index >= 15 is 0 Å². The van der Waals surface area contributed by atoms with Gasteiger partial charge in [-0.05, 0) is 23.9 Å². The molecule has 0 bridgehead atoms. The van der Waals surface area contributed by atoms with E-state index in [-0.39, 0.29) is 5.41 Å². The molecule has 104 valence electrons. The van der Waals surface area contributed by atoms with Gasteiger partial charge in [-0.2, -0.15) is 0 Å². The minimum atomic E-state index is -0.0427. The van der Waals surface area contributed by atoms with Gasteiger partial charge < -0.3 is 9.30 Å². The fourth-order valence-corrected chi connectivity index (χ4v) is 1.88. The van der Waals surface area contributed by atoms with Gasteiger partial charge in [-0.3, -0.25) is 0 Å². The summed E-state index contributed by atoms with van der Waals surface area (Å²) in [4.78, 5) is 0. The number of aromatic nitrogens is 3. The Bertz CT molecular complexity index is 369. The lowest BCUT2D eigenvalue weighted by atomic mass is 9.96. The van der Waals surface area contributed by atoms with E-state index in [1.54, 1.807) is 0 Å². The maximum Gasteiger partial charge on any atom is 0.225 e. The molecule has 0 saturated heterocycles. The Morgan fingerprint density at radius 2 is 1.94 bits per heavy atom. The Labute approximate surface area is 115 Å². The molecule has 0 atom stereocenters. The van der Waals surface area contributed by atoms with Crippen molar-refractivity contribution in [2.45, 2.75) is 53.0 Å². The molecule has 1 aromatic heterocycles. The van der Waals surface area contributed by atoms with Crippen molar-refractivity contribution in [1.29, 1.82) is 0 Å². The van der Waals surface area contributed by atoms with Crippen LogP contribution >= 0.6 is 11.6 Å². The molecule has 1 rings (SSSR count). The molecule has 0 saturated carbocycles. The summed E-state index contributed by atoms with van der Waals surface area (Å²) >= 11 is 6.06. The fraction of sp³-hybridized carbons (Fsp3) is 0.846. The van der Waals surface area contributed by atoms with E-state index in [4.69, 9.17) is 16.3 Å². The molecule has 0 radical (unpaired) electrons. The van der Waals surface area contributed by atoms with E-state index in [2.05, 4.69) is 44.8 Å². The second-order valence-corrected chi connectivity index (χ2v) is 6.35. The van der Waals surface area contributed by atoms with Crippen LogP contribution in [0.15, 0.2) is 0 Å². The summed E-state index contributed by atoms with van der Waals surface area (Å²) in [5.41, 5.74) is -0.0427. The van der Waals surface area contributed by atoms with Crippen LogP contribution in [0.5, 0.6) is 0 Å². The van der Waals surface area contributed by atoms with E-state index < -0.39 is 0 Å². The van der Waals surface area contributed by atoms with Gasteiger partial charge in [-0.1, -0.05) is 34.6 Å². The number of ether oxygens (including phenoxy) is 1. The lowest BCUT2D eigenvalue weighted by Crippen LogP contribution is -2.20. The van der Waals surface area contributed by atoms with Crippen molar-refractivity contribution in [3.8, 4) is 0 Å². The molecule has 0 aromatic carbocycles. The topological polar surface area (TPSA) is 39.9 Å². The van der Waals surface area contributed by atoms with E-state index in [0.29, 0.717) is 11.2 Å². The molecule has 5 heteroatoms. The number of halogens is 1. The SMILES string of the molecule is CC(C)COCCCn1c(Cl)nnc1C(C)(C)C. The van der Waals surface area contributed by atoms with Crippen LogP contribution < -0.4 is 0 Å². The van der Waals surface area contributed by atoms with Crippen molar-refractivity contribution in [3.63, 3.8) is 0 Å². The average Bonchev–Trinajstić information content (AvgIpc) is 2.59. The largest absolute Gasteiger partial charge is 0.381 e. The smallest absolute Gasteiger partial charge is 0.225 e.